The smallest absolute Gasteiger partial charge is 0.223 e. The van der Waals surface area contributed by atoms with Gasteiger partial charge < -0.3 is 24.4 Å². The zero-order chi connectivity index (χ0) is 27.5. The van der Waals surface area contributed by atoms with Crippen molar-refractivity contribution < 1.29 is 19.0 Å². The predicted octanol–water partition coefficient (Wildman–Crippen LogP) is 6.65. The van der Waals surface area contributed by atoms with E-state index in [1.54, 1.807) is 6.92 Å². The SMILES string of the molecule is CCCCN(C(C)=O)c1c(COC(C)[C@H]2CCCN2)ccc(OCc2ccccc2)c1OCc1ccccc1. The molecule has 3 aromatic carbocycles. The van der Waals surface area contributed by atoms with E-state index in [1.807, 2.05) is 77.7 Å². The van der Waals surface area contributed by atoms with Crippen molar-refractivity contribution in [3.8, 4) is 11.5 Å². The lowest BCUT2D eigenvalue weighted by Gasteiger charge is -2.29. The number of nitrogens with one attached hydrogen (secondary N) is 1. The summed E-state index contributed by atoms with van der Waals surface area (Å²) in [6.07, 6.45) is 4.20. The minimum absolute atomic E-state index is 0.0278. The van der Waals surface area contributed by atoms with Crippen LogP contribution in [0.25, 0.3) is 0 Å². The van der Waals surface area contributed by atoms with Crippen molar-refractivity contribution in [1.82, 2.24) is 5.32 Å². The number of carbonyl (C=O) groups is 1. The molecule has 1 aliphatic heterocycles. The Balaban J connectivity index is 1.70. The Hall–Kier alpha value is -3.35. The maximum atomic E-state index is 13.0. The Morgan fingerprint density at radius 1 is 0.949 bits per heavy atom. The van der Waals surface area contributed by atoms with E-state index in [2.05, 4.69) is 19.2 Å². The van der Waals surface area contributed by atoms with Crippen LogP contribution in [0.1, 0.15) is 63.1 Å². The van der Waals surface area contributed by atoms with E-state index in [1.165, 1.54) is 6.42 Å². The second-order valence-corrected chi connectivity index (χ2v) is 10.2. The zero-order valence-corrected chi connectivity index (χ0v) is 23.5. The van der Waals surface area contributed by atoms with Gasteiger partial charge in [-0.2, -0.15) is 0 Å². The van der Waals surface area contributed by atoms with Gasteiger partial charge in [0.1, 0.15) is 13.2 Å². The highest BCUT2D eigenvalue weighted by Gasteiger charge is 2.26. The molecule has 1 saturated heterocycles. The summed E-state index contributed by atoms with van der Waals surface area (Å²) in [6.45, 7) is 8.64. The number of rotatable bonds is 14. The van der Waals surface area contributed by atoms with Crippen molar-refractivity contribution in [3.05, 3.63) is 89.5 Å². The van der Waals surface area contributed by atoms with Gasteiger partial charge in [-0.05, 0) is 49.9 Å². The Morgan fingerprint density at radius 3 is 2.21 bits per heavy atom. The quantitative estimate of drug-likeness (QED) is 0.253. The number of nitrogens with zero attached hydrogens (tertiary/aromatic N) is 1. The van der Waals surface area contributed by atoms with E-state index >= 15 is 0 Å². The largest absolute Gasteiger partial charge is 0.485 e. The van der Waals surface area contributed by atoms with Gasteiger partial charge in [-0.3, -0.25) is 4.79 Å². The van der Waals surface area contributed by atoms with Crippen LogP contribution >= 0.6 is 0 Å². The summed E-state index contributed by atoms with van der Waals surface area (Å²) in [6, 6.07) is 24.4. The van der Waals surface area contributed by atoms with E-state index in [0.717, 1.165) is 48.2 Å². The molecule has 3 aromatic rings. The van der Waals surface area contributed by atoms with Crippen LogP contribution in [0.4, 0.5) is 5.69 Å². The van der Waals surface area contributed by atoms with Crippen LogP contribution in [0.2, 0.25) is 0 Å². The van der Waals surface area contributed by atoms with Crippen LogP contribution in [-0.2, 0) is 29.4 Å². The Kier molecular flexibility index (Phi) is 10.8. The third-order valence-electron chi connectivity index (χ3n) is 7.19. The molecule has 0 spiro atoms. The van der Waals surface area contributed by atoms with Crippen LogP contribution < -0.4 is 19.7 Å². The van der Waals surface area contributed by atoms with Crippen LogP contribution in [-0.4, -0.2) is 31.1 Å². The molecule has 1 N–H and O–H groups in total. The maximum Gasteiger partial charge on any atom is 0.223 e. The number of carbonyl (C=O) groups excluding carboxylic acids is 1. The maximum absolute atomic E-state index is 13.0. The van der Waals surface area contributed by atoms with Gasteiger partial charge in [-0.1, -0.05) is 80.1 Å². The van der Waals surface area contributed by atoms with Gasteiger partial charge in [0.15, 0.2) is 11.5 Å². The van der Waals surface area contributed by atoms with Crippen molar-refractivity contribution in [2.45, 2.75) is 78.4 Å². The molecule has 1 aliphatic rings. The summed E-state index contributed by atoms with van der Waals surface area (Å²) in [5, 5.41) is 3.53. The van der Waals surface area contributed by atoms with Crippen LogP contribution in [0.3, 0.4) is 0 Å². The van der Waals surface area contributed by atoms with Crippen molar-refractivity contribution in [2.75, 3.05) is 18.0 Å². The third-order valence-corrected chi connectivity index (χ3v) is 7.19. The lowest BCUT2D eigenvalue weighted by atomic mass is 10.1. The molecule has 208 valence electrons. The number of unbranched alkanes of at least 4 members (excludes halogenated alkanes) is 1. The third kappa shape index (κ3) is 8.07. The van der Waals surface area contributed by atoms with E-state index in [0.29, 0.717) is 43.9 Å². The van der Waals surface area contributed by atoms with Crippen LogP contribution in [0.15, 0.2) is 72.8 Å². The Morgan fingerprint density at radius 2 is 1.62 bits per heavy atom. The highest BCUT2D eigenvalue weighted by Crippen LogP contribution is 2.42. The molecule has 0 radical (unpaired) electrons. The summed E-state index contributed by atoms with van der Waals surface area (Å²) in [7, 11) is 0. The Labute approximate surface area is 233 Å². The summed E-state index contributed by atoms with van der Waals surface area (Å²) in [5.41, 5.74) is 3.76. The number of hydrogen-bond donors (Lipinski definition) is 1. The lowest BCUT2D eigenvalue weighted by molar-refractivity contribution is -0.116. The van der Waals surface area contributed by atoms with Crippen molar-refractivity contribution in [1.29, 1.82) is 0 Å². The summed E-state index contributed by atoms with van der Waals surface area (Å²) < 4.78 is 19.2. The van der Waals surface area contributed by atoms with Gasteiger partial charge in [-0.15, -0.1) is 0 Å². The van der Waals surface area contributed by atoms with Gasteiger partial charge in [0.05, 0.1) is 18.4 Å². The van der Waals surface area contributed by atoms with E-state index in [-0.39, 0.29) is 12.0 Å². The van der Waals surface area contributed by atoms with E-state index in [4.69, 9.17) is 14.2 Å². The highest BCUT2D eigenvalue weighted by atomic mass is 16.5. The van der Waals surface area contributed by atoms with E-state index < -0.39 is 0 Å². The number of hydrogen-bond acceptors (Lipinski definition) is 5. The number of benzene rings is 3. The molecule has 4 rings (SSSR count). The van der Waals surface area contributed by atoms with Crippen molar-refractivity contribution in [3.63, 3.8) is 0 Å². The molecule has 1 unspecified atom stereocenters. The fraction of sp³-hybridized carbons (Fsp3) is 0.424. The molecule has 39 heavy (non-hydrogen) atoms. The first-order valence-electron chi connectivity index (χ1n) is 14.2. The minimum atomic E-state index is -0.0278. The van der Waals surface area contributed by atoms with Gasteiger partial charge in [0.25, 0.3) is 0 Å². The minimum Gasteiger partial charge on any atom is -0.485 e. The monoisotopic (exact) mass is 530 g/mol. The molecular formula is C33H42N2O4. The fourth-order valence-electron chi connectivity index (χ4n) is 4.92. The molecule has 0 saturated carbocycles. The van der Waals surface area contributed by atoms with Crippen LogP contribution in [0, 0.1) is 0 Å². The van der Waals surface area contributed by atoms with Crippen LogP contribution in [0.5, 0.6) is 11.5 Å². The molecule has 2 atom stereocenters. The second kappa shape index (κ2) is 14.7. The fourth-order valence-corrected chi connectivity index (χ4v) is 4.92. The standard InChI is InChI=1S/C33H42N2O4/c1-4-5-21-35(26(3)36)32-29(24-37-25(2)30-17-12-20-34-30)18-19-31(38-22-27-13-8-6-9-14-27)33(32)39-23-28-15-10-7-11-16-28/h6-11,13-16,18-19,25,30,34H,4-5,12,17,20-24H2,1-3H3/t25?,30-/m1/s1. The molecule has 1 fully saturated rings. The first kappa shape index (κ1) is 28.7. The average Bonchev–Trinajstić information content (AvgIpc) is 3.51. The van der Waals surface area contributed by atoms with Crippen molar-refractivity contribution in [2.24, 2.45) is 0 Å². The number of ether oxygens (including phenoxy) is 3. The average molecular weight is 531 g/mol. The first-order valence-corrected chi connectivity index (χ1v) is 14.2. The topological polar surface area (TPSA) is 60.0 Å². The zero-order valence-electron chi connectivity index (χ0n) is 23.5. The highest BCUT2D eigenvalue weighted by molar-refractivity contribution is 5.95. The molecule has 6 nitrogen and oxygen atoms in total. The van der Waals surface area contributed by atoms with Gasteiger partial charge >= 0.3 is 0 Å². The molecule has 1 heterocycles. The number of amides is 1. The molecule has 0 aliphatic carbocycles. The number of anilines is 1. The summed E-state index contributed by atoms with van der Waals surface area (Å²) in [4.78, 5) is 14.9. The van der Waals surface area contributed by atoms with Gasteiger partial charge in [-0.25, -0.2) is 0 Å². The van der Waals surface area contributed by atoms with E-state index in [9.17, 15) is 4.79 Å². The molecule has 0 aromatic heterocycles. The second-order valence-electron chi connectivity index (χ2n) is 10.2. The molecule has 1 amide bonds. The van der Waals surface area contributed by atoms with Crippen molar-refractivity contribution >= 4 is 11.6 Å². The van der Waals surface area contributed by atoms with Gasteiger partial charge in [0.2, 0.25) is 5.91 Å². The molecule has 0 bridgehead atoms. The normalized spacial score (nSPS) is 15.6. The molecular weight excluding hydrogens is 488 g/mol. The summed E-state index contributed by atoms with van der Waals surface area (Å²) >= 11 is 0. The molecule has 6 heteroatoms. The Bertz CT molecular complexity index is 1160. The summed E-state index contributed by atoms with van der Waals surface area (Å²) in [5.74, 6) is 1.16. The first-order chi connectivity index (χ1) is 19.1. The van der Waals surface area contributed by atoms with Gasteiger partial charge in [0, 0.05) is 25.1 Å². The predicted molar refractivity (Wildman–Crippen MR) is 156 cm³/mol. The lowest BCUT2D eigenvalue weighted by Crippen LogP contribution is -2.35.